The highest BCUT2D eigenvalue weighted by atomic mass is 16.1. The molecule has 0 aromatic rings. The van der Waals surface area contributed by atoms with E-state index in [-0.39, 0.29) is 11.8 Å². The minimum absolute atomic E-state index is 0.210. The molecule has 2 atom stereocenters. The van der Waals surface area contributed by atoms with Gasteiger partial charge in [-0.2, -0.15) is 0 Å². The second-order valence-corrected chi connectivity index (χ2v) is 3.13. The summed E-state index contributed by atoms with van der Waals surface area (Å²) in [5.41, 5.74) is 5.71. The summed E-state index contributed by atoms with van der Waals surface area (Å²) in [6.07, 6.45) is 2.52. The molecule has 0 heterocycles. The van der Waals surface area contributed by atoms with Crippen LogP contribution >= 0.6 is 0 Å². The summed E-state index contributed by atoms with van der Waals surface area (Å²) in [5.74, 6) is 0.538. The summed E-state index contributed by atoms with van der Waals surface area (Å²) in [7, 11) is 0. The van der Waals surface area contributed by atoms with Crippen LogP contribution in [-0.2, 0) is 4.79 Å². The van der Waals surface area contributed by atoms with Crippen LogP contribution in [0.1, 0.15) is 40.0 Å². The fourth-order valence-electron chi connectivity index (χ4n) is 0.984. The Morgan fingerprint density at radius 1 is 1.45 bits per heavy atom. The van der Waals surface area contributed by atoms with Crippen molar-refractivity contribution < 1.29 is 4.79 Å². The Labute approximate surface area is 69.2 Å². The molecule has 2 N–H and O–H groups in total. The Morgan fingerprint density at radius 2 is 2.00 bits per heavy atom. The topological polar surface area (TPSA) is 43.1 Å². The van der Waals surface area contributed by atoms with E-state index in [2.05, 4.69) is 6.92 Å². The van der Waals surface area contributed by atoms with Crippen LogP contribution in [0.2, 0.25) is 0 Å². The minimum atomic E-state index is -0.236. The quantitative estimate of drug-likeness (QED) is 0.660. The van der Waals surface area contributed by atoms with E-state index in [9.17, 15) is 4.79 Å². The average Bonchev–Trinajstić information content (AvgIpc) is 2.02. The van der Waals surface area contributed by atoms with Gasteiger partial charge in [-0.25, -0.2) is 0 Å². The number of Topliss-reactive ketones (excluding diaryl/α,β-unsaturated/α-hetero) is 1. The third-order valence-corrected chi connectivity index (χ3v) is 2.13. The first kappa shape index (κ1) is 10.6. The van der Waals surface area contributed by atoms with Crippen molar-refractivity contribution in [2.75, 3.05) is 0 Å². The molecule has 0 aromatic heterocycles. The molecule has 0 rings (SSSR count). The maximum Gasteiger partial charge on any atom is 0.149 e. The van der Waals surface area contributed by atoms with Gasteiger partial charge in [0.05, 0.1) is 6.04 Å². The third-order valence-electron chi connectivity index (χ3n) is 2.13. The van der Waals surface area contributed by atoms with Gasteiger partial charge in [-0.1, -0.05) is 27.2 Å². The molecule has 0 saturated carbocycles. The number of carbonyl (C=O) groups is 1. The van der Waals surface area contributed by atoms with Gasteiger partial charge in [0.2, 0.25) is 0 Å². The smallest absolute Gasteiger partial charge is 0.149 e. The van der Waals surface area contributed by atoms with E-state index < -0.39 is 0 Å². The molecule has 0 saturated heterocycles. The van der Waals surface area contributed by atoms with E-state index in [0.717, 1.165) is 12.8 Å². The van der Waals surface area contributed by atoms with Crippen LogP contribution in [0.3, 0.4) is 0 Å². The van der Waals surface area contributed by atoms with Crippen molar-refractivity contribution in [1.82, 2.24) is 0 Å². The lowest BCUT2D eigenvalue weighted by Crippen LogP contribution is -2.36. The molecule has 2 heteroatoms. The Kier molecular flexibility index (Phi) is 5.12. The molecule has 0 spiro atoms. The van der Waals surface area contributed by atoms with E-state index in [1.807, 2.05) is 13.8 Å². The van der Waals surface area contributed by atoms with Gasteiger partial charge in [-0.15, -0.1) is 0 Å². The zero-order chi connectivity index (χ0) is 8.85. The SMILES string of the molecule is CCCC(=O)[C@H](N)[C@H](C)CC. The predicted octanol–water partition coefficient (Wildman–Crippen LogP) is 1.73. The fourth-order valence-corrected chi connectivity index (χ4v) is 0.984. The maximum absolute atomic E-state index is 11.2. The third kappa shape index (κ3) is 3.51. The number of hydrogen-bond donors (Lipinski definition) is 1. The lowest BCUT2D eigenvalue weighted by atomic mass is 9.94. The normalized spacial score (nSPS) is 16.0. The Bertz CT molecular complexity index is 123. The highest BCUT2D eigenvalue weighted by Gasteiger charge is 2.17. The molecule has 0 aromatic carbocycles. The lowest BCUT2D eigenvalue weighted by Gasteiger charge is -2.16. The van der Waals surface area contributed by atoms with E-state index >= 15 is 0 Å². The Balaban J connectivity index is 3.80. The second kappa shape index (κ2) is 5.30. The summed E-state index contributed by atoms with van der Waals surface area (Å²) < 4.78 is 0. The van der Waals surface area contributed by atoms with Gasteiger partial charge in [0.1, 0.15) is 5.78 Å². The Hall–Kier alpha value is -0.370. The van der Waals surface area contributed by atoms with Crippen LogP contribution < -0.4 is 5.73 Å². The van der Waals surface area contributed by atoms with Crippen LogP contribution in [0, 0.1) is 5.92 Å². The summed E-state index contributed by atoms with van der Waals surface area (Å²) in [4.78, 5) is 11.2. The van der Waals surface area contributed by atoms with Gasteiger partial charge in [-0.05, 0) is 12.3 Å². The molecule has 11 heavy (non-hydrogen) atoms. The Morgan fingerprint density at radius 3 is 2.36 bits per heavy atom. The molecule has 0 aliphatic heterocycles. The molecular weight excluding hydrogens is 138 g/mol. The molecule has 0 amide bonds. The minimum Gasteiger partial charge on any atom is -0.321 e. The summed E-state index contributed by atoms with van der Waals surface area (Å²) in [6, 6.07) is -0.236. The monoisotopic (exact) mass is 157 g/mol. The number of nitrogens with two attached hydrogens (primary N) is 1. The van der Waals surface area contributed by atoms with E-state index in [0.29, 0.717) is 12.3 Å². The van der Waals surface area contributed by atoms with Crippen molar-refractivity contribution in [1.29, 1.82) is 0 Å². The largest absolute Gasteiger partial charge is 0.321 e. The molecule has 0 radical (unpaired) electrons. The van der Waals surface area contributed by atoms with Crippen molar-refractivity contribution in [3.8, 4) is 0 Å². The fraction of sp³-hybridized carbons (Fsp3) is 0.889. The number of ketones is 1. The molecule has 0 unspecified atom stereocenters. The average molecular weight is 157 g/mol. The summed E-state index contributed by atoms with van der Waals surface area (Å²) >= 11 is 0. The second-order valence-electron chi connectivity index (χ2n) is 3.13. The molecular formula is C9H19NO. The van der Waals surface area contributed by atoms with Crippen LogP contribution in [0.4, 0.5) is 0 Å². The van der Waals surface area contributed by atoms with Crippen LogP contribution in [0.15, 0.2) is 0 Å². The summed E-state index contributed by atoms with van der Waals surface area (Å²) in [5, 5.41) is 0. The zero-order valence-corrected chi connectivity index (χ0v) is 7.76. The van der Waals surface area contributed by atoms with Crippen molar-refractivity contribution in [2.45, 2.75) is 46.1 Å². The first-order valence-electron chi connectivity index (χ1n) is 4.41. The molecule has 0 aliphatic carbocycles. The van der Waals surface area contributed by atoms with Crippen molar-refractivity contribution in [2.24, 2.45) is 11.7 Å². The molecule has 2 nitrogen and oxygen atoms in total. The van der Waals surface area contributed by atoms with Gasteiger partial charge in [0, 0.05) is 6.42 Å². The maximum atomic E-state index is 11.2. The highest BCUT2D eigenvalue weighted by molar-refractivity contribution is 5.83. The van der Waals surface area contributed by atoms with E-state index in [1.54, 1.807) is 0 Å². The number of carbonyl (C=O) groups excluding carboxylic acids is 1. The zero-order valence-electron chi connectivity index (χ0n) is 7.76. The highest BCUT2D eigenvalue weighted by Crippen LogP contribution is 2.08. The van der Waals surface area contributed by atoms with Gasteiger partial charge in [0.25, 0.3) is 0 Å². The van der Waals surface area contributed by atoms with Crippen molar-refractivity contribution >= 4 is 5.78 Å². The predicted molar refractivity (Wildman–Crippen MR) is 47.3 cm³/mol. The van der Waals surface area contributed by atoms with Gasteiger partial charge < -0.3 is 5.73 Å². The number of hydrogen-bond acceptors (Lipinski definition) is 2. The van der Waals surface area contributed by atoms with Crippen LogP contribution in [0.25, 0.3) is 0 Å². The molecule has 0 fully saturated rings. The van der Waals surface area contributed by atoms with Crippen LogP contribution in [0.5, 0.6) is 0 Å². The van der Waals surface area contributed by atoms with E-state index in [1.165, 1.54) is 0 Å². The standard InChI is InChI=1S/C9H19NO/c1-4-6-8(11)9(10)7(3)5-2/h7,9H,4-6,10H2,1-3H3/t7-,9-/m1/s1. The van der Waals surface area contributed by atoms with Crippen molar-refractivity contribution in [3.05, 3.63) is 0 Å². The molecule has 0 bridgehead atoms. The summed E-state index contributed by atoms with van der Waals surface area (Å²) in [6.45, 7) is 6.09. The van der Waals surface area contributed by atoms with Crippen molar-refractivity contribution in [3.63, 3.8) is 0 Å². The van der Waals surface area contributed by atoms with Gasteiger partial charge >= 0.3 is 0 Å². The van der Waals surface area contributed by atoms with E-state index in [4.69, 9.17) is 5.73 Å². The van der Waals surface area contributed by atoms with Gasteiger partial charge in [-0.3, -0.25) is 4.79 Å². The first-order valence-corrected chi connectivity index (χ1v) is 4.41. The van der Waals surface area contributed by atoms with Crippen LogP contribution in [-0.4, -0.2) is 11.8 Å². The number of rotatable bonds is 5. The molecule has 0 aliphatic rings. The van der Waals surface area contributed by atoms with Gasteiger partial charge in [0.15, 0.2) is 0 Å². The first-order chi connectivity index (χ1) is 5.13. The molecule has 66 valence electrons. The lowest BCUT2D eigenvalue weighted by molar-refractivity contribution is -0.121.